The Morgan fingerprint density at radius 1 is 1.15 bits per heavy atom. The number of nitrogens with one attached hydrogen (secondary N) is 1. The molecule has 2 atom stereocenters. The number of carbonyl (C=O) groups excluding carboxylic acids is 1. The maximum atomic E-state index is 13.0. The lowest BCUT2D eigenvalue weighted by Gasteiger charge is -2.21. The van der Waals surface area contributed by atoms with Crippen LogP contribution < -0.4 is 10.1 Å². The first-order valence-corrected chi connectivity index (χ1v) is 8.40. The molecule has 0 bridgehead atoms. The molecule has 5 nitrogen and oxygen atoms in total. The van der Waals surface area contributed by atoms with Crippen LogP contribution in [0.3, 0.4) is 0 Å². The van der Waals surface area contributed by atoms with E-state index in [2.05, 4.69) is 5.32 Å². The van der Waals surface area contributed by atoms with Crippen molar-refractivity contribution in [2.24, 2.45) is 0 Å². The van der Waals surface area contributed by atoms with Gasteiger partial charge in [-0.25, -0.2) is 9.18 Å². The lowest BCUT2D eigenvalue weighted by molar-refractivity contribution is -0.171. The van der Waals surface area contributed by atoms with Crippen LogP contribution in [0, 0.1) is 5.82 Å². The Balaban J connectivity index is 2.05. The predicted molar refractivity (Wildman–Crippen MR) is 99.3 cm³/mol. The summed E-state index contributed by atoms with van der Waals surface area (Å²) < 4.78 is 28.6. The summed E-state index contributed by atoms with van der Waals surface area (Å²) in [5.74, 6) is -0.537. The molecule has 2 aromatic carbocycles. The maximum absolute atomic E-state index is 13.0. The Kier molecular flexibility index (Phi) is 7.50. The van der Waals surface area contributed by atoms with Gasteiger partial charge in [0.15, 0.2) is 6.29 Å². The molecular formula is C19H20FNO4S. The lowest BCUT2D eigenvalue weighted by atomic mass is 10.1. The second-order valence-corrected chi connectivity index (χ2v) is 5.84. The van der Waals surface area contributed by atoms with Crippen LogP contribution in [0.4, 0.5) is 4.39 Å². The van der Waals surface area contributed by atoms with E-state index in [-0.39, 0.29) is 11.0 Å². The number of ether oxygens (including phenoxy) is 3. The summed E-state index contributed by atoms with van der Waals surface area (Å²) in [5.41, 5.74) is 0.927. The summed E-state index contributed by atoms with van der Waals surface area (Å²) >= 11 is 5.16. The zero-order valence-corrected chi connectivity index (χ0v) is 15.3. The Morgan fingerprint density at radius 2 is 1.81 bits per heavy atom. The van der Waals surface area contributed by atoms with Gasteiger partial charge in [0, 0.05) is 13.5 Å². The third-order valence-corrected chi connectivity index (χ3v) is 3.70. The molecular weight excluding hydrogens is 357 g/mol. The molecule has 0 saturated carbocycles. The molecule has 2 rings (SSSR count). The average molecular weight is 377 g/mol. The lowest BCUT2D eigenvalue weighted by Crippen LogP contribution is -2.45. The van der Waals surface area contributed by atoms with E-state index in [1.54, 1.807) is 6.92 Å². The first-order valence-electron chi connectivity index (χ1n) is 7.99. The quantitative estimate of drug-likeness (QED) is 0.454. The molecule has 0 fully saturated rings. The van der Waals surface area contributed by atoms with Gasteiger partial charge in [-0.2, -0.15) is 0 Å². The maximum Gasteiger partial charge on any atom is 0.331 e. The van der Waals surface area contributed by atoms with Crippen LogP contribution in [0.2, 0.25) is 0 Å². The van der Waals surface area contributed by atoms with E-state index in [1.165, 1.54) is 31.4 Å². The van der Waals surface area contributed by atoms with Gasteiger partial charge in [0.1, 0.15) is 17.6 Å². The van der Waals surface area contributed by atoms with E-state index in [0.717, 1.165) is 5.56 Å². The molecule has 1 N–H and O–H groups in total. The highest BCUT2D eigenvalue weighted by molar-refractivity contribution is 7.80. The minimum atomic E-state index is -0.761. The SMILES string of the molecule is COC(C)OC(=O)[C@H](Cc1ccccc1)NC(=S)Oc1ccc(F)cc1. The highest BCUT2D eigenvalue weighted by Gasteiger charge is 2.24. The van der Waals surface area contributed by atoms with E-state index >= 15 is 0 Å². The fraction of sp³-hybridized carbons (Fsp3) is 0.263. The van der Waals surface area contributed by atoms with Crippen LogP contribution in [-0.2, 0) is 20.7 Å². The molecule has 0 saturated heterocycles. The van der Waals surface area contributed by atoms with Gasteiger partial charge in [-0.1, -0.05) is 30.3 Å². The Bertz CT molecular complexity index is 724. The van der Waals surface area contributed by atoms with Crippen LogP contribution in [0.5, 0.6) is 5.75 Å². The number of hydrogen-bond acceptors (Lipinski definition) is 5. The van der Waals surface area contributed by atoms with Crippen molar-refractivity contribution < 1.29 is 23.4 Å². The van der Waals surface area contributed by atoms with E-state index in [1.807, 2.05) is 30.3 Å². The molecule has 26 heavy (non-hydrogen) atoms. The fourth-order valence-corrected chi connectivity index (χ4v) is 2.36. The molecule has 7 heteroatoms. The van der Waals surface area contributed by atoms with Crippen molar-refractivity contribution in [2.45, 2.75) is 25.7 Å². The van der Waals surface area contributed by atoms with Crippen molar-refractivity contribution in [1.82, 2.24) is 5.32 Å². The van der Waals surface area contributed by atoms with E-state index in [9.17, 15) is 9.18 Å². The normalized spacial score (nSPS) is 12.7. The number of halogens is 1. The van der Waals surface area contributed by atoms with Crippen LogP contribution in [0.1, 0.15) is 12.5 Å². The second kappa shape index (κ2) is 9.84. The van der Waals surface area contributed by atoms with E-state index in [4.69, 9.17) is 26.4 Å². The van der Waals surface area contributed by atoms with Crippen molar-refractivity contribution in [3.8, 4) is 5.75 Å². The van der Waals surface area contributed by atoms with Crippen LogP contribution in [0.25, 0.3) is 0 Å². The molecule has 0 aliphatic heterocycles. The molecule has 0 aliphatic carbocycles. The Hall–Kier alpha value is -2.51. The van der Waals surface area contributed by atoms with Crippen molar-refractivity contribution in [3.05, 3.63) is 66.0 Å². The number of carbonyl (C=O) groups is 1. The third-order valence-electron chi connectivity index (χ3n) is 3.50. The summed E-state index contributed by atoms with van der Waals surface area (Å²) in [5, 5.41) is 2.83. The molecule has 0 heterocycles. The molecule has 0 aromatic heterocycles. The number of benzene rings is 2. The van der Waals surface area contributed by atoms with Crippen molar-refractivity contribution in [3.63, 3.8) is 0 Å². The van der Waals surface area contributed by atoms with Crippen LogP contribution in [0.15, 0.2) is 54.6 Å². The monoisotopic (exact) mass is 377 g/mol. The number of thiocarbonyl (C=S) groups is 1. The summed E-state index contributed by atoms with van der Waals surface area (Å²) in [4.78, 5) is 12.4. The van der Waals surface area contributed by atoms with Gasteiger partial charge in [0.25, 0.3) is 5.17 Å². The van der Waals surface area contributed by atoms with Gasteiger partial charge in [0.2, 0.25) is 0 Å². The van der Waals surface area contributed by atoms with Crippen molar-refractivity contribution in [2.75, 3.05) is 7.11 Å². The van der Waals surface area contributed by atoms with Crippen molar-refractivity contribution >= 4 is 23.4 Å². The second-order valence-electron chi connectivity index (χ2n) is 5.47. The molecule has 1 unspecified atom stereocenters. The zero-order valence-electron chi connectivity index (χ0n) is 14.5. The molecule has 0 radical (unpaired) electrons. The molecule has 0 aliphatic rings. The number of rotatable bonds is 7. The van der Waals surface area contributed by atoms with Gasteiger partial charge in [-0.15, -0.1) is 0 Å². The van der Waals surface area contributed by atoms with E-state index < -0.39 is 18.3 Å². The van der Waals surface area contributed by atoms with Gasteiger partial charge in [0.05, 0.1) is 0 Å². The molecule has 2 aromatic rings. The Labute approximate surface area is 157 Å². The summed E-state index contributed by atoms with van der Waals surface area (Å²) in [6, 6.07) is 14.1. The number of methoxy groups -OCH3 is 1. The van der Waals surface area contributed by atoms with Crippen LogP contribution in [-0.4, -0.2) is 30.6 Å². The first-order chi connectivity index (χ1) is 12.5. The minimum Gasteiger partial charge on any atom is -0.435 e. The third kappa shape index (κ3) is 6.42. The zero-order chi connectivity index (χ0) is 18.9. The van der Waals surface area contributed by atoms with Gasteiger partial charge < -0.3 is 19.5 Å². The summed E-state index contributed by atoms with van der Waals surface area (Å²) in [6.45, 7) is 1.62. The van der Waals surface area contributed by atoms with Crippen molar-refractivity contribution in [1.29, 1.82) is 0 Å². The topological polar surface area (TPSA) is 56.8 Å². The van der Waals surface area contributed by atoms with Gasteiger partial charge >= 0.3 is 5.97 Å². The minimum absolute atomic E-state index is 0.0143. The van der Waals surface area contributed by atoms with Gasteiger partial charge in [-0.3, -0.25) is 0 Å². The standard InChI is InChI=1S/C19H20FNO4S/c1-13(23-2)24-18(22)17(12-14-6-4-3-5-7-14)21-19(26)25-16-10-8-15(20)9-11-16/h3-11,13,17H,12H2,1-2H3,(H,21,26)/t13?,17-/m0/s1. The average Bonchev–Trinajstić information content (AvgIpc) is 2.63. The molecule has 0 spiro atoms. The van der Waals surface area contributed by atoms with Crippen LogP contribution >= 0.6 is 12.2 Å². The largest absolute Gasteiger partial charge is 0.435 e. The Morgan fingerprint density at radius 3 is 2.42 bits per heavy atom. The summed E-state index contributed by atoms with van der Waals surface area (Å²) in [6.07, 6.45) is -0.336. The first kappa shape index (κ1) is 19.8. The molecule has 138 valence electrons. The predicted octanol–water partition coefficient (Wildman–Crippen LogP) is 3.23. The number of esters is 1. The fourth-order valence-electron chi connectivity index (χ4n) is 2.12. The molecule has 0 amide bonds. The number of hydrogen-bond donors (Lipinski definition) is 1. The highest BCUT2D eigenvalue weighted by Crippen LogP contribution is 2.12. The van der Waals surface area contributed by atoms with E-state index in [0.29, 0.717) is 12.2 Å². The summed E-state index contributed by atoms with van der Waals surface area (Å²) in [7, 11) is 1.44. The highest BCUT2D eigenvalue weighted by atomic mass is 32.1. The smallest absolute Gasteiger partial charge is 0.331 e. The van der Waals surface area contributed by atoms with Gasteiger partial charge in [-0.05, 0) is 49.0 Å².